The molecular weight excluding hydrogens is 312 g/mol. The maximum atomic E-state index is 9.62. The number of imidazole rings is 1. The van der Waals surface area contributed by atoms with Crippen LogP contribution in [0.2, 0.25) is 0 Å². The van der Waals surface area contributed by atoms with Gasteiger partial charge >= 0.3 is 0 Å². The summed E-state index contributed by atoms with van der Waals surface area (Å²) in [5.74, 6) is 0.602. The summed E-state index contributed by atoms with van der Waals surface area (Å²) in [6.07, 6.45) is 1.90. The Bertz CT molecular complexity index is 985. The lowest BCUT2D eigenvalue weighted by Crippen LogP contribution is -2.07. The van der Waals surface area contributed by atoms with Crippen molar-refractivity contribution < 1.29 is 4.74 Å². The molecule has 3 rings (SSSR count). The predicted molar refractivity (Wildman–Crippen MR) is 100 cm³/mol. The van der Waals surface area contributed by atoms with Crippen LogP contribution in [0.25, 0.3) is 22.7 Å². The first kappa shape index (κ1) is 17.0. The second kappa shape index (κ2) is 6.96. The normalized spacial score (nSPS) is 11.9. The maximum Gasteiger partial charge on any atom is 0.149 e. The standard InChI is InChI=1S/C20H22N4O/c1-13-5-6-18-19(9-13)23-20(22-18)17(12-21)11-16-10-14(2)24(15(16)3)7-8-25-4/h5-6,9-11H,7-8H2,1-4H3,(H,22,23)/b17-11-. The van der Waals surface area contributed by atoms with Crippen LogP contribution in [0.3, 0.4) is 0 Å². The smallest absolute Gasteiger partial charge is 0.149 e. The highest BCUT2D eigenvalue weighted by molar-refractivity contribution is 5.90. The molecule has 0 amide bonds. The van der Waals surface area contributed by atoms with Gasteiger partial charge in [-0.25, -0.2) is 4.98 Å². The second-order valence-corrected chi connectivity index (χ2v) is 6.25. The highest BCUT2D eigenvalue weighted by Crippen LogP contribution is 2.23. The minimum Gasteiger partial charge on any atom is -0.383 e. The van der Waals surface area contributed by atoms with Crippen LogP contribution in [0.4, 0.5) is 0 Å². The lowest BCUT2D eigenvalue weighted by molar-refractivity contribution is 0.186. The Morgan fingerprint density at radius 3 is 2.84 bits per heavy atom. The van der Waals surface area contributed by atoms with Crippen molar-refractivity contribution in [2.45, 2.75) is 27.3 Å². The number of rotatable bonds is 5. The van der Waals surface area contributed by atoms with Gasteiger partial charge in [0.1, 0.15) is 11.9 Å². The van der Waals surface area contributed by atoms with Crippen LogP contribution >= 0.6 is 0 Å². The molecule has 0 saturated heterocycles. The number of nitrogens with one attached hydrogen (secondary N) is 1. The van der Waals surface area contributed by atoms with E-state index in [1.165, 1.54) is 0 Å². The van der Waals surface area contributed by atoms with Crippen LogP contribution in [0.1, 0.15) is 28.3 Å². The molecular formula is C20H22N4O. The van der Waals surface area contributed by atoms with Crippen LogP contribution in [0, 0.1) is 32.1 Å². The third kappa shape index (κ3) is 3.35. The maximum absolute atomic E-state index is 9.62. The Kier molecular flexibility index (Phi) is 4.73. The molecule has 0 aliphatic rings. The van der Waals surface area contributed by atoms with Gasteiger partial charge in [-0.3, -0.25) is 0 Å². The third-order valence-corrected chi connectivity index (χ3v) is 4.44. The van der Waals surface area contributed by atoms with Gasteiger partial charge in [0.2, 0.25) is 0 Å². The molecule has 0 atom stereocenters. The zero-order valence-electron chi connectivity index (χ0n) is 15.1. The monoisotopic (exact) mass is 334 g/mol. The van der Waals surface area contributed by atoms with Gasteiger partial charge in [-0.15, -0.1) is 0 Å². The van der Waals surface area contributed by atoms with Crippen LogP contribution in [0.5, 0.6) is 0 Å². The molecule has 1 aromatic carbocycles. The Hall–Kier alpha value is -2.84. The number of benzene rings is 1. The molecule has 0 radical (unpaired) electrons. The molecule has 0 fully saturated rings. The van der Waals surface area contributed by atoms with E-state index in [0.29, 0.717) is 18.0 Å². The summed E-state index contributed by atoms with van der Waals surface area (Å²) in [6, 6.07) is 10.4. The molecule has 0 aliphatic carbocycles. The van der Waals surface area contributed by atoms with E-state index in [2.05, 4.69) is 40.5 Å². The second-order valence-electron chi connectivity index (χ2n) is 6.25. The van der Waals surface area contributed by atoms with Crippen molar-refractivity contribution in [3.63, 3.8) is 0 Å². The molecule has 3 aromatic rings. The van der Waals surface area contributed by atoms with E-state index in [4.69, 9.17) is 4.74 Å². The van der Waals surface area contributed by atoms with Crippen molar-refractivity contribution in [3.05, 3.63) is 52.6 Å². The molecule has 2 heterocycles. The average Bonchev–Trinajstić information content (AvgIpc) is 3.11. The first-order valence-electron chi connectivity index (χ1n) is 8.27. The van der Waals surface area contributed by atoms with E-state index in [9.17, 15) is 5.26 Å². The van der Waals surface area contributed by atoms with Gasteiger partial charge in [0.15, 0.2) is 0 Å². The van der Waals surface area contributed by atoms with Gasteiger partial charge < -0.3 is 14.3 Å². The zero-order valence-corrected chi connectivity index (χ0v) is 15.1. The summed E-state index contributed by atoms with van der Waals surface area (Å²) >= 11 is 0. The average molecular weight is 334 g/mol. The molecule has 0 bridgehead atoms. The number of aryl methyl sites for hydroxylation is 2. The summed E-state index contributed by atoms with van der Waals surface area (Å²) in [5, 5.41) is 9.62. The number of allylic oxidation sites excluding steroid dienone is 1. The minimum atomic E-state index is 0.529. The number of ether oxygens (including phenoxy) is 1. The van der Waals surface area contributed by atoms with Gasteiger partial charge in [-0.05, 0) is 56.2 Å². The number of hydrogen-bond acceptors (Lipinski definition) is 3. The lowest BCUT2D eigenvalue weighted by Gasteiger charge is -2.08. The number of nitriles is 1. The van der Waals surface area contributed by atoms with Gasteiger partial charge in [0.05, 0.1) is 23.2 Å². The zero-order chi connectivity index (χ0) is 18.0. The molecule has 0 aliphatic heterocycles. The minimum absolute atomic E-state index is 0.529. The number of fused-ring (bicyclic) bond motifs is 1. The number of methoxy groups -OCH3 is 1. The fourth-order valence-corrected chi connectivity index (χ4v) is 3.06. The molecule has 25 heavy (non-hydrogen) atoms. The summed E-state index contributed by atoms with van der Waals surface area (Å²) in [5.41, 5.74) is 6.80. The van der Waals surface area contributed by atoms with Crippen molar-refractivity contribution in [2.24, 2.45) is 0 Å². The van der Waals surface area contributed by atoms with Gasteiger partial charge in [-0.1, -0.05) is 6.07 Å². The molecule has 2 aromatic heterocycles. The molecule has 1 N–H and O–H groups in total. The highest BCUT2D eigenvalue weighted by Gasteiger charge is 2.12. The number of H-pyrrole nitrogens is 1. The summed E-state index contributed by atoms with van der Waals surface area (Å²) < 4.78 is 7.38. The topological polar surface area (TPSA) is 66.6 Å². The number of aromatic nitrogens is 3. The Labute approximate surface area is 147 Å². The molecule has 5 nitrogen and oxygen atoms in total. The predicted octanol–water partition coefficient (Wildman–Crippen LogP) is 4.00. The molecule has 0 saturated carbocycles. The number of aromatic amines is 1. The van der Waals surface area contributed by atoms with E-state index in [-0.39, 0.29) is 0 Å². The van der Waals surface area contributed by atoms with Crippen molar-refractivity contribution >= 4 is 22.7 Å². The van der Waals surface area contributed by atoms with Crippen LogP contribution in [0.15, 0.2) is 24.3 Å². The largest absolute Gasteiger partial charge is 0.383 e. The van der Waals surface area contributed by atoms with Crippen molar-refractivity contribution in [1.82, 2.24) is 14.5 Å². The highest BCUT2D eigenvalue weighted by atomic mass is 16.5. The number of nitrogens with zero attached hydrogens (tertiary/aromatic N) is 3. The van der Waals surface area contributed by atoms with E-state index < -0.39 is 0 Å². The third-order valence-electron chi connectivity index (χ3n) is 4.44. The van der Waals surface area contributed by atoms with Gasteiger partial charge in [0.25, 0.3) is 0 Å². The Morgan fingerprint density at radius 1 is 1.32 bits per heavy atom. The van der Waals surface area contributed by atoms with Gasteiger partial charge in [0, 0.05) is 25.0 Å². The van der Waals surface area contributed by atoms with E-state index >= 15 is 0 Å². The van der Waals surface area contributed by atoms with Crippen molar-refractivity contribution in [2.75, 3.05) is 13.7 Å². The molecule has 0 spiro atoms. The Morgan fingerprint density at radius 2 is 2.12 bits per heavy atom. The molecule has 0 unspecified atom stereocenters. The first-order chi connectivity index (χ1) is 12.0. The number of hydrogen-bond donors (Lipinski definition) is 1. The summed E-state index contributed by atoms with van der Waals surface area (Å²) in [4.78, 5) is 7.81. The van der Waals surface area contributed by atoms with Crippen molar-refractivity contribution in [1.29, 1.82) is 5.26 Å². The van der Waals surface area contributed by atoms with E-state index in [1.54, 1.807) is 7.11 Å². The molecule has 128 valence electrons. The van der Waals surface area contributed by atoms with Crippen molar-refractivity contribution in [3.8, 4) is 6.07 Å². The summed E-state index contributed by atoms with van der Waals surface area (Å²) in [6.45, 7) is 7.62. The van der Waals surface area contributed by atoms with Crippen LogP contribution in [-0.2, 0) is 11.3 Å². The fraction of sp³-hybridized carbons (Fsp3) is 0.300. The van der Waals surface area contributed by atoms with Crippen LogP contribution in [-0.4, -0.2) is 28.3 Å². The summed E-state index contributed by atoms with van der Waals surface area (Å²) in [7, 11) is 1.70. The fourth-order valence-electron chi connectivity index (χ4n) is 3.06. The SMILES string of the molecule is COCCn1c(C)cc(/C=C(/C#N)c2nc3ccc(C)cc3[nH]2)c1C. The lowest BCUT2D eigenvalue weighted by atomic mass is 10.1. The molecule has 5 heteroatoms. The van der Waals surface area contributed by atoms with E-state index in [0.717, 1.165) is 40.1 Å². The quantitative estimate of drug-likeness (QED) is 0.717. The first-order valence-corrected chi connectivity index (χ1v) is 8.27. The Balaban J connectivity index is 2.01. The van der Waals surface area contributed by atoms with Crippen LogP contribution < -0.4 is 0 Å². The van der Waals surface area contributed by atoms with Gasteiger partial charge in [-0.2, -0.15) is 5.26 Å². The van der Waals surface area contributed by atoms with E-state index in [1.807, 2.05) is 31.2 Å².